The van der Waals surface area contributed by atoms with Crippen molar-refractivity contribution in [3.05, 3.63) is 23.9 Å². The molecule has 0 saturated heterocycles. The minimum absolute atomic E-state index is 0.388. The van der Waals surface area contributed by atoms with Crippen molar-refractivity contribution in [1.29, 1.82) is 0 Å². The summed E-state index contributed by atoms with van der Waals surface area (Å²) in [7, 11) is 3.62. The summed E-state index contributed by atoms with van der Waals surface area (Å²) >= 11 is 4.90. The van der Waals surface area contributed by atoms with E-state index in [4.69, 9.17) is 22.7 Å². The average molecular weight is 225 g/mol. The number of thiocarbonyl (C=S) groups is 1. The van der Waals surface area contributed by atoms with E-state index in [1.165, 1.54) is 0 Å². The summed E-state index contributed by atoms with van der Waals surface area (Å²) in [6.45, 7) is 1.44. The third kappa shape index (κ3) is 3.45. The van der Waals surface area contributed by atoms with Gasteiger partial charge < -0.3 is 15.4 Å². The number of nitrogens with two attached hydrogens (primary N) is 1. The zero-order valence-electron chi connectivity index (χ0n) is 8.93. The molecular weight excluding hydrogens is 210 g/mol. The summed E-state index contributed by atoms with van der Waals surface area (Å²) in [6.07, 6.45) is 1.70. The van der Waals surface area contributed by atoms with E-state index >= 15 is 0 Å². The van der Waals surface area contributed by atoms with Gasteiger partial charge in [-0.15, -0.1) is 0 Å². The van der Waals surface area contributed by atoms with Crippen molar-refractivity contribution < 1.29 is 4.74 Å². The highest BCUT2D eigenvalue weighted by Gasteiger charge is 2.04. The third-order valence-electron chi connectivity index (χ3n) is 2.05. The van der Waals surface area contributed by atoms with Crippen molar-refractivity contribution >= 4 is 23.0 Å². The molecular formula is C10H15N3OS. The highest BCUT2D eigenvalue weighted by molar-refractivity contribution is 7.80. The van der Waals surface area contributed by atoms with Crippen LogP contribution in [0.2, 0.25) is 0 Å². The number of methoxy groups -OCH3 is 1. The molecule has 0 aliphatic heterocycles. The fourth-order valence-corrected chi connectivity index (χ4v) is 1.25. The van der Waals surface area contributed by atoms with Gasteiger partial charge in [0.2, 0.25) is 0 Å². The molecule has 1 aromatic heterocycles. The number of likely N-dealkylation sites (N-methyl/N-ethyl adjacent to an activating group) is 1. The summed E-state index contributed by atoms with van der Waals surface area (Å²) in [5, 5.41) is 0. The van der Waals surface area contributed by atoms with Gasteiger partial charge in [-0.1, -0.05) is 12.2 Å². The molecule has 0 aromatic carbocycles. The van der Waals surface area contributed by atoms with E-state index in [1.807, 2.05) is 18.0 Å². The monoisotopic (exact) mass is 225 g/mol. The Morgan fingerprint density at radius 2 is 2.40 bits per heavy atom. The molecule has 0 atom stereocenters. The molecule has 15 heavy (non-hydrogen) atoms. The van der Waals surface area contributed by atoms with Crippen molar-refractivity contribution in [2.45, 2.75) is 0 Å². The number of ether oxygens (including phenoxy) is 1. The Bertz CT molecular complexity index is 343. The molecule has 1 rings (SSSR count). The van der Waals surface area contributed by atoms with Crippen LogP contribution >= 0.6 is 12.2 Å². The van der Waals surface area contributed by atoms with Gasteiger partial charge in [0.15, 0.2) is 0 Å². The Morgan fingerprint density at radius 1 is 1.67 bits per heavy atom. The Morgan fingerprint density at radius 3 is 3.00 bits per heavy atom. The van der Waals surface area contributed by atoms with E-state index in [-0.39, 0.29) is 0 Å². The predicted molar refractivity (Wildman–Crippen MR) is 65.3 cm³/mol. The first-order chi connectivity index (χ1) is 7.15. The molecule has 0 spiro atoms. The Hall–Kier alpha value is -1.20. The van der Waals surface area contributed by atoms with Crippen LogP contribution in [0.4, 0.5) is 5.82 Å². The minimum Gasteiger partial charge on any atom is -0.389 e. The van der Waals surface area contributed by atoms with E-state index in [2.05, 4.69) is 4.98 Å². The normalized spacial score (nSPS) is 10.0. The molecule has 0 fully saturated rings. The maximum absolute atomic E-state index is 5.54. The number of pyridine rings is 1. The number of nitrogens with zero attached hydrogens (tertiary/aromatic N) is 2. The van der Waals surface area contributed by atoms with Crippen molar-refractivity contribution in [2.24, 2.45) is 5.73 Å². The van der Waals surface area contributed by atoms with Gasteiger partial charge in [0.1, 0.15) is 10.8 Å². The van der Waals surface area contributed by atoms with Crippen molar-refractivity contribution in [2.75, 3.05) is 32.2 Å². The van der Waals surface area contributed by atoms with Crippen molar-refractivity contribution in [3.8, 4) is 0 Å². The Labute approximate surface area is 95.0 Å². The summed E-state index contributed by atoms with van der Waals surface area (Å²) in [4.78, 5) is 6.61. The van der Waals surface area contributed by atoms with E-state index < -0.39 is 0 Å². The lowest BCUT2D eigenvalue weighted by Gasteiger charge is -2.17. The van der Waals surface area contributed by atoms with Gasteiger partial charge in [-0.25, -0.2) is 4.98 Å². The van der Waals surface area contributed by atoms with Gasteiger partial charge in [0, 0.05) is 32.5 Å². The standard InChI is InChI=1S/C10H15N3OS/c1-13(5-6-14-2)9-7-8(10(11)15)3-4-12-9/h3-4,7H,5-6H2,1-2H3,(H2,11,15). The molecule has 0 radical (unpaired) electrons. The highest BCUT2D eigenvalue weighted by atomic mass is 32.1. The predicted octanol–water partition coefficient (Wildman–Crippen LogP) is 0.798. The Kier molecular flexibility index (Phi) is 4.45. The van der Waals surface area contributed by atoms with Crippen LogP contribution in [0.3, 0.4) is 0 Å². The number of anilines is 1. The molecule has 2 N–H and O–H groups in total. The van der Waals surface area contributed by atoms with Gasteiger partial charge in [-0.05, 0) is 12.1 Å². The van der Waals surface area contributed by atoms with Crippen LogP contribution in [0.15, 0.2) is 18.3 Å². The molecule has 1 heterocycles. The topological polar surface area (TPSA) is 51.4 Å². The number of rotatable bonds is 5. The van der Waals surface area contributed by atoms with Crippen LogP contribution < -0.4 is 10.6 Å². The molecule has 4 nitrogen and oxygen atoms in total. The molecule has 0 aliphatic carbocycles. The lowest BCUT2D eigenvalue weighted by Crippen LogP contribution is -2.23. The van der Waals surface area contributed by atoms with Crippen LogP contribution in [0, 0.1) is 0 Å². The van der Waals surface area contributed by atoms with Gasteiger partial charge in [-0.3, -0.25) is 0 Å². The fraction of sp³-hybridized carbons (Fsp3) is 0.400. The average Bonchev–Trinajstić information content (AvgIpc) is 2.26. The van der Waals surface area contributed by atoms with Crippen molar-refractivity contribution in [1.82, 2.24) is 4.98 Å². The van der Waals surface area contributed by atoms with E-state index in [0.717, 1.165) is 17.9 Å². The summed E-state index contributed by atoms with van der Waals surface area (Å²) in [5.41, 5.74) is 6.38. The van der Waals surface area contributed by atoms with Gasteiger partial charge in [0.05, 0.1) is 6.61 Å². The molecule has 0 amide bonds. The minimum atomic E-state index is 0.388. The van der Waals surface area contributed by atoms with Gasteiger partial charge >= 0.3 is 0 Å². The molecule has 1 aromatic rings. The SMILES string of the molecule is COCCN(C)c1cc(C(N)=S)ccn1. The van der Waals surface area contributed by atoms with Crippen LogP contribution in [-0.2, 0) is 4.74 Å². The van der Waals surface area contributed by atoms with Crippen LogP contribution in [0.25, 0.3) is 0 Å². The summed E-state index contributed by atoms with van der Waals surface area (Å²) in [5.74, 6) is 0.845. The highest BCUT2D eigenvalue weighted by Crippen LogP contribution is 2.10. The van der Waals surface area contributed by atoms with Gasteiger partial charge in [0.25, 0.3) is 0 Å². The maximum atomic E-state index is 5.54. The molecule has 0 saturated carbocycles. The largest absolute Gasteiger partial charge is 0.389 e. The van der Waals surface area contributed by atoms with E-state index in [9.17, 15) is 0 Å². The van der Waals surface area contributed by atoms with Crippen molar-refractivity contribution in [3.63, 3.8) is 0 Å². The molecule has 0 aliphatic rings. The van der Waals surface area contributed by atoms with Crippen LogP contribution in [0.5, 0.6) is 0 Å². The number of hydrogen-bond donors (Lipinski definition) is 1. The zero-order valence-corrected chi connectivity index (χ0v) is 9.75. The first kappa shape index (κ1) is 11.9. The van der Waals surface area contributed by atoms with E-state index in [0.29, 0.717) is 11.6 Å². The summed E-state index contributed by atoms with van der Waals surface area (Å²) < 4.78 is 4.99. The lowest BCUT2D eigenvalue weighted by atomic mass is 10.2. The Balaban J connectivity index is 2.76. The molecule has 82 valence electrons. The fourth-order valence-electron chi connectivity index (χ4n) is 1.12. The first-order valence-corrected chi connectivity index (χ1v) is 5.02. The second-order valence-corrected chi connectivity index (χ2v) is 3.62. The second kappa shape index (κ2) is 5.63. The molecule has 0 unspecified atom stereocenters. The lowest BCUT2D eigenvalue weighted by molar-refractivity contribution is 0.206. The zero-order chi connectivity index (χ0) is 11.3. The smallest absolute Gasteiger partial charge is 0.128 e. The first-order valence-electron chi connectivity index (χ1n) is 4.61. The molecule has 5 heteroatoms. The second-order valence-electron chi connectivity index (χ2n) is 3.18. The number of aromatic nitrogens is 1. The number of hydrogen-bond acceptors (Lipinski definition) is 4. The van der Waals surface area contributed by atoms with E-state index in [1.54, 1.807) is 19.4 Å². The summed E-state index contributed by atoms with van der Waals surface area (Å²) in [6, 6.07) is 3.67. The van der Waals surface area contributed by atoms with Crippen LogP contribution in [-0.4, -0.2) is 37.3 Å². The van der Waals surface area contributed by atoms with Gasteiger partial charge in [-0.2, -0.15) is 0 Å². The van der Waals surface area contributed by atoms with Crippen LogP contribution in [0.1, 0.15) is 5.56 Å². The quantitative estimate of drug-likeness (QED) is 0.751. The third-order valence-corrected chi connectivity index (χ3v) is 2.29. The molecule has 0 bridgehead atoms. The maximum Gasteiger partial charge on any atom is 0.128 e.